The van der Waals surface area contributed by atoms with Crippen molar-refractivity contribution < 1.29 is 17.6 Å². The van der Waals surface area contributed by atoms with E-state index in [0.29, 0.717) is 11.3 Å². The molecule has 3 rings (SSSR count). The molecule has 0 bridgehead atoms. The Labute approximate surface area is 169 Å². The highest BCUT2D eigenvalue weighted by atomic mass is 32.2. The van der Waals surface area contributed by atoms with Crippen LogP contribution in [0.4, 0.5) is 15.8 Å². The monoisotopic (exact) mass is 412 g/mol. The topological polar surface area (TPSA) is 66.5 Å². The van der Waals surface area contributed by atoms with Crippen LogP contribution in [0.1, 0.15) is 21.5 Å². The average Bonchev–Trinajstić information content (AvgIpc) is 2.68. The molecule has 0 atom stereocenters. The molecule has 0 fully saturated rings. The van der Waals surface area contributed by atoms with E-state index in [-0.39, 0.29) is 12.2 Å². The molecule has 3 aromatic rings. The minimum absolute atomic E-state index is 0.0823. The van der Waals surface area contributed by atoms with E-state index < -0.39 is 21.7 Å². The van der Waals surface area contributed by atoms with E-state index in [1.54, 1.807) is 18.2 Å². The number of nitrogens with one attached hydrogen (secondary N) is 1. The number of carbonyl (C=O) groups excluding carboxylic acids is 1. The van der Waals surface area contributed by atoms with Gasteiger partial charge in [-0.25, -0.2) is 12.8 Å². The molecule has 0 heterocycles. The summed E-state index contributed by atoms with van der Waals surface area (Å²) in [5.41, 5.74) is 2.69. The fourth-order valence-electron chi connectivity index (χ4n) is 2.88. The van der Waals surface area contributed by atoms with Crippen LogP contribution in [0.3, 0.4) is 0 Å². The lowest BCUT2D eigenvalue weighted by molar-refractivity contribution is 0.102. The van der Waals surface area contributed by atoms with Gasteiger partial charge in [0.05, 0.1) is 24.2 Å². The van der Waals surface area contributed by atoms with Crippen molar-refractivity contribution >= 4 is 27.3 Å². The number of nitrogens with zero attached hydrogens (tertiary/aromatic N) is 1. The number of aryl methyl sites for hydroxylation is 1. The van der Waals surface area contributed by atoms with Crippen LogP contribution in [0.5, 0.6) is 0 Å². The van der Waals surface area contributed by atoms with Gasteiger partial charge in [-0.2, -0.15) is 0 Å². The third-order valence-electron chi connectivity index (χ3n) is 4.52. The predicted molar refractivity (Wildman–Crippen MR) is 113 cm³/mol. The Balaban J connectivity index is 1.83. The van der Waals surface area contributed by atoms with Crippen LogP contribution in [0.15, 0.2) is 72.8 Å². The van der Waals surface area contributed by atoms with Crippen molar-refractivity contribution in [1.29, 1.82) is 0 Å². The van der Waals surface area contributed by atoms with Crippen molar-refractivity contribution in [2.24, 2.45) is 0 Å². The van der Waals surface area contributed by atoms with Gasteiger partial charge in [0, 0.05) is 5.56 Å². The molecular formula is C22H21FN2O3S. The van der Waals surface area contributed by atoms with E-state index in [9.17, 15) is 17.6 Å². The summed E-state index contributed by atoms with van der Waals surface area (Å²) in [6.07, 6.45) is 1.14. The van der Waals surface area contributed by atoms with Crippen LogP contribution in [0.2, 0.25) is 0 Å². The average molecular weight is 412 g/mol. The molecule has 0 aromatic heterocycles. The normalized spacial score (nSPS) is 11.1. The van der Waals surface area contributed by atoms with Gasteiger partial charge in [0.15, 0.2) is 0 Å². The second kappa shape index (κ2) is 8.45. The third-order valence-corrected chi connectivity index (χ3v) is 5.66. The lowest BCUT2D eigenvalue weighted by atomic mass is 10.1. The van der Waals surface area contributed by atoms with Crippen molar-refractivity contribution in [2.75, 3.05) is 15.9 Å². The number of benzene rings is 3. The smallest absolute Gasteiger partial charge is 0.255 e. The van der Waals surface area contributed by atoms with E-state index >= 15 is 0 Å². The summed E-state index contributed by atoms with van der Waals surface area (Å²) >= 11 is 0. The molecule has 29 heavy (non-hydrogen) atoms. The number of sulfonamides is 1. The van der Waals surface area contributed by atoms with Crippen LogP contribution in [0, 0.1) is 12.7 Å². The molecular weight excluding hydrogens is 391 g/mol. The highest BCUT2D eigenvalue weighted by Crippen LogP contribution is 2.23. The van der Waals surface area contributed by atoms with Gasteiger partial charge in [0.1, 0.15) is 5.82 Å². The molecule has 0 aliphatic rings. The highest BCUT2D eigenvalue weighted by Gasteiger charge is 2.19. The number of carbonyl (C=O) groups is 1. The van der Waals surface area contributed by atoms with Crippen LogP contribution in [-0.2, 0) is 16.6 Å². The molecule has 150 valence electrons. The second-order valence-corrected chi connectivity index (χ2v) is 8.58. The molecule has 1 amide bonds. The molecule has 3 aromatic carbocycles. The maximum Gasteiger partial charge on any atom is 0.255 e. The first kappa shape index (κ1) is 20.5. The van der Waals surface area contributed by atoms with E-state index in [1.807, 2.05) is 31.2 Å². The highest BCUT2D eigenvalue weighted by molar-refractivity contribution is 7.92. The summed E-state index contributed by atoms with van der Waals surface area (Å²) in [4.78, 5) is 12.4. The van der Waals surface area contributed by atoms with Crippen molar-refractivity contribution in [1.82, 2.24) is 0 Å². The van der Waals surface area contributed by atoms with E-state index in [1.165, 1.54) is 34.6 Å². The Morgan fingerprint density at radius 2 is 1.59 bits per heavy atom. The molecule has 0 unspecified atom stereocenters. The molecule has 0 saturated heterocycles. The fourth-order valence-corrected chi connectivity index (χ4v) is 3.76. The first-order valence-corrected chi connectivity index (χ1v) is 10.8. The zero-order valence-corrected chi connectivity index (χ0v) is 16.9. The Hall–Kier alpha value is -3.19. The first-order valence-electron chi connectivity index (χ1n) is 8.94. The molecule has 0 aliphatic carbocycles. The number of rotatable bonds is 6. The summed E-state index contributed by atoms with van der Waals surface area (Å²) < 4.78 is 39.7. The SMILES string of the molecule is Cc1ccccc1CN(c1ccc(C(=O)Nc2ccccc2F)cc1)S(C)(=O)=O. The largest absolute Gasteiger partial charge is 0.319 e. The standard InChI is InChI=1S/C22H21FN2O3S/c1-16-7-3-4-8-18(16)15-25(29(2,27)28)19-13-11-17(12-14-19)22(26)24-21-10-6-5-9-20(21)23/h3-14H,15H2,1-2H3,(H,24,26). The van der Waals surface area contributed by atoms with Crippen molar-refractivity contribution in [3.8, 4) is 0 Å². The molecule has 5 nitrogen and oxygen atoms in total. The minimum atomic E-state index is -3.54. The van der Waals surface area contributed by atoms with Gasteiger partial charge in [-0.3, -0.25) is 9.10 Å². The third kappa shape index (κ3) is 5.00. The number of halogens is 1. The minimum Gasteiger partial charge on any atom is -0.319 e. The summed E-state index contributed by atoms with van der Waals surface area (Å²) in [5, 5.41) is 2.51. The van der Waals surface area contributed by atoms with E-state index in [4.69, 9.17) is 0 Å². The summed E-state index contributed by atoms with van der Waals surface area (Å²) in [6.45, 7) is 2.11. The van der Waals surface area contributed by atoms with Gasteiger partial charge >= 0.3 is 0 Å². The number of amides is 1. The fraction of sp³-hybridized carbons (Fsp3) is 0.136. The zero-order chi connectivity index (χ0) is 21.0. The molecule has 1 N–H and O–H groups in total. The van der Waals surface area contributed by atoms with Gasteiger partial charge in [0.2, 0.25) is 10.0 Å². The van der Waals surface area contributed by atoms with Gasteiger partial charge in [0.25, 0.3) is 5.91 Å². The van der Waals surface area contributed by atoms with Gasteiger partial charge in [-0.1, -0.05) is 36.4 Å². The molecule has 0 aliphatic heterocycles. The Morgan fingerprint density at radius 3 is 2.21 bits per heavy atom. The van der Waals surface area contributed by atoms with Crippen LogP contribution < -0.4 is 9.62 Å². The maximum atomic E-state index is 13.7. The predicted octanol–water partition coefficient (Wildman–Crippen LogP) is 4.35. The van der Waals surface area contributed by atoms with Crippen LogP contribution in [0.25, 0.3) is 0 Å². The summed E-state index contributed by atoms with van der Waals surface area (Å²) in [7, 11) is -3.54. The lowest BCUT2D eigenvalue weighted by Gasteiger charge is -2.23. The molecule has 0 spiro atoms. The quantitative estimate of drug-likeness (QED) is 0.654. The van der Waals surface area contributed by atoms with Crippen LogP contribution in [-0.4, -0.2) is 20.6 Å². The lowest BCUT2D eigenvalue weighted by Crippen LogP contribution is -2.29. The van der Waals surface area contributed by atoms with Crippen molar-refractivity contribution in [2.45, 2.75) is 13.5 Å². The van der Waals surface area contributed by atoms with E-state index in [2.05, 4.69) is 5.32 Å². The van der Waals surface area contributed by atoms with Gasteiger partial charge < -0.3 is 5.32 Å². The Morgan fingerprint density at radius 1 is 0.966 bits per heavy atom. The van der Waals surface area contributed by atoms with Crippen LogP contribution >= 0.6 is 0 Å². The summed E-state index contributed by atoms with van der Waals surface area (Å²) in [6, 6.07) is 19.6. The van der Waals surface area contributed by atoms with Gasteiger partial charge in [-0.15, -0.1) is 0 Å². The Kier molecular flexibility index (Phi) is 5.98. The van der Waals surface area contributed by atoms with E-state index in [0.717, 1.165) is 17.4 Å². The number of hydrogen-bond donors (Lipinski definition) is 1. The maximum absolute atomic E-state index is 13.7. The van der Waals surface area contributed by atoms with Gasteiger partial charge in [-0.05, 0) is 54.4 Å². The second-order valence-electron chi connectivity index (χ2n) is 6.68. The first-order chi connectivity index (χ1) is 13.8. The summed E-state index contributed by atoms with van der Waals surface area (Å²) in [5.74, 6) is -1.01. The number of anilines is 2. The zero-order valence-electron chi connectivity index (χ0n) is 16.1. The molecule has 0 saturated carbocycles. The molecule has 7 heteroatoms. The Bertz CT molecular complexity index is 1130. The van der Waals surface area contributed by atoms with Crippen molar-refractivity contribution in [3.05, 3.63) is 95.3 Å². The van der Waals surface area contributed by atoms with Crippen molar-refractivity contribution in [3.63, 3.8) is 0 Å². The number of hydrogen-bond acceptors (Lipinski definition) is 3. The molecule has 0 radical (unpaired) electrons. The number of para-hydroxylation sites is 1.